The van der Waals surface area contributed by atoms with Gasteiger partial charge < -0.3 is 52.3 Å². The molecular weight excluding hydrogens is 985 g/mol. The van der Waals surface area contributed by atoms with Crippen molar-refractivity contribution in [2.24, 2.45) is 0 Å². The smallest absolute Gasteiger partial charge is 0.343 e. The highest BCUT2D eigenvalue weighted by Gasteiger charge is 2.49. The molecule has 75 heavy (non-hydrogen) atoms. The van der Waals surface area contributed by atoms with Crippen molar-refractivity contribution in [1.29, 1.82) is 0 Å². The number of pyridine rings is 4. The number of aliphatic hydroxyl groups is 1. The molecule has 0 radical (unpaired) electrons. The molecule has 0 spiro atoms. The molecule has 0 amide bonds. The van der Waals surface area contributed by atoms with Gasteiger partial charge in [0.15, 0.2) is 34.2 Å². The molecule has 12 heterocycles. The van der Waals surface area contributed by atoms with Crippen LogP contribution < -0.4 is 30.1 Å². The third-order valence-corrected chi connectivity index (χ3v) is 17.1. The number of hydrogen-bond donors (Lipinski definition) is 1. The zero-order chi connectivity index (χ0) is 50.9. The van der Waals surface area contributed by atoms with E-state index < -0.39 is 23.1 Å². The van der Waals surface area contributed by atoms with Crippen LogP contribution in [-0.4, -0.2) is 107 Å². The number of aromatic nitrogens is 7. The van der Waals surface area contributed by atoms with Crippen molar-refractivity contribution < 1.29 is 47.9 Å². The summed E-state index contributed by atoms with van der Waals surface area (Å²) in [5.41, 5.74) is 5.01. The van der Waals surface area contributed by atoms with Gasteiger partial charge >= 0.3 is 11.9 Å². The van der Waals surface area contributed by atoms with Gasteiger partial charge in [-0.05, 0) is 61.9 Å². The van der Waals surface area contributed by atoms with Crippen molar-refractivity contribution >= 4 is 45.5 Å². The number of esters is 2. The standard InChI is InChI=1S/C54H50N8O12S/c1-3-53(67)35-17-40-48-32(22-62(40)49(63)33(35)24-68-51(53)65)46(30-16-43-45(73-27-71-43)20-38(30)56-48)39-23-60(58-57-39)8-5-6-12-74-54(4-2)36-18-41-47-31(21-61(41)50(64)34(36)25-69-52(54)66)28(7-9-59-10-13-75-14-11-59)29-15-42-44(72-26-70-42)19-37(29)55-47/h15-20,23,67H,3-14,21-22,24-27H2,1-2H3/t53-,54-/m0/s1. The second kappa shape index (κ2) is 17.4. The first-order valence-corrected chi connectivity index (χ1v) is 26.7. The highest BCUT2D eigenvalue weighted by Crippen LogP contribution is 2.48. The molecule has 0 aliphatic carbocycles. The number of nitrogens with zero attached hydrogens (tertiary/aromatic N) is 8. The molecule has 7 aliphatic rings. The Kier molecular flexibility index (Phi) is 10.7. The Morgan fingerprint density at radius 2 is 1.29 bits per heavy atom. The Morgan fingerprint density at radius 1 is 0.680 bits per heavy atom. The van der Waals surface area contributed by atoms with E-state index in [0.29, 0.717) is 99.6 Å². The van der Waals surface area contributed by atoms with Crippen LogP contribution in [0.25, 0.3) is 55.8 Å². The maximum Gasteiger partial charge on any atom is 0.343 e. The molecule has 0 unspecified atom stereocenters. The lowest BCUT2D eigenvalue weighted by Gasteiger charge is -2.36. The first-order chi connectivity index (χ1) is 36.5. The summed E-state index contributed by atoms with van der Waals surface area (Å²) < 4.78 is 45.9. The monoisotopic (exact) mass is 1030 g/mol. The lowest BCUT2D eigenvalue weighted by Crippen LogP contribution is -2.46. The van der Waals surface area contributed by atoms with Crippen molar-refractivity contribution in [2.75, 3.05) is 51.3 Å². The zero-order valence-corrected chi connectivity index (χ0v) is 42.0. The molecule has 384 valence electrons. The Morgan fingerprint density at radius 3 is 1.99 bits per heavy atom. The van der Waals surface area contributed by atoms with Crippen LogP contribution >= 0.6 is 11.8 Å². The van der Waals surface area contributed by atoms with E-state index >= 15 is 0 Å². The lowest BCUT2D eigenvalue weighted by molar-refractivity contribution is -0.181. The van der Waals surface area contributed by atoms with Crippen LogP contribution in [0.1, 0.15) is 78.5 Å². The van der Waals surface area contributed by atoms with E-state index in [2.05, 4.69) is 15.2 Å². The topological polar surface area (TPSA) is 223 Å². The zero-order valence-electron chi connectivity index (χ0n) is 41.2. The quantitative estimate of drug-likeness (QED) is 0.121. The van der Waals surface area contributed by atoms with Gasteiger partial charge in [-0.2, -0.15) is 11.8 Å². The Labute approximate surface area is 431 Å². The number of hydrogen-bond acceptors (Lipinski definition) is 18. The number of rotatable bonds is 12. The maximum absolute atomic E-state index is 14.6. The summed E-state index contributed by atoms with van der Waals surface area (Å²) >= 11 is 1.98. The van der Waals surface area contributed by atoms with Crippen LogP contribution in [0.3, 0.4) is 0 Å². The van der Waals surface area contributed by atoms with Gasteiger partial charge in [0.25, 0.3) is 11.1 Å². The molecule has 1 saturated heterocycles. The Bertz CT molecular complexity index is 3770. The summed E-state index contributed by atoms with van der Waals surface area (Å²) in [4.78, 5) is 68.4. The van der Waals surface area contributed by atoms with Gasteiger partial charge in [0.1, 0.15) is 18.9 Å². The number of fused-ring (bicyclic) bond motifs is 12. The van der Waals surface area contributed by atoms with Crippen molar-refractivity contribution in [3.05, 3.63) is 102 Å². The highest BCUT2D eigenvalue weighted by molar-refractivity contribution is 7.99. The van der Waals surface area contributed by atoms with Gasteiger partial charge in [-0.25, -0.2) is 19.6 Å². The molecule has 20 nitrogen and oxygen atoms in total. The molecule has 1 fully saturated rings. The van der Waals surface area contributed by atoms with E-state index in [0.717, 1.165) is 70.5 Å². The molecule has 1 N–H and O–H groups in total. The molecule has 0 saturated carbocycles. The van der Waals surface area contributed by atoms with Crippen LogP contribution in [0.4, 0.5) is 0 Å². The highest BCUT2D eigenvalue weighted by atomic mass is 32.2. The lowest BCUT2D eigenvalue weighted by atomic mass is 9.85. The van der Waals surface area contributed by atoms with Crippen molar-refractivity contribution in [1.82, 2.24) is 39.0 Å². The Balaban J connectivity index is 0.741. The van der Waals surface area contributed by atoms with Crippen LogP contribution in [0.15, 0.2) is 52.2 Å². The number of benzene rings is 2. The summed E-state index contributed by atoms with van der Waals surface area (Å²) in [6, 6.07) is 11.2. The fourth-order valence-corrected chi connectivity index (χ4v) is 13.0. The molecule has 21 heteroatoms. The minimum absolute atomic E-state index is 0.0207. The predicted molar refractivity (Wildman–Crippen MR) is 271 cm³/mol. The summed E-state index contributed by atoms with van der Waals surface area (Å²) in [5, 5.41) is 22.4. The first kappa shape index (κ1) is 46.2. The number of cyclic esters (lactones) is 2. The molecule has 0 bridgehead atoms. The van der Waals surface area contributed by atoms with Crippen LogP contribution in [0.2, 0.25) is 0 Å². The third kappa shape index (κ3) is 6.99. The maximum atomic E-state index is 14.6. The minimum atomic E-state index is -1.98. The molecule has 2 aromatic carbocycles. The summed E-state index contributed by atoms with van der Waals surface area (Å²) in [7, 11) is 0. The minimum Gasteiger partial charge on any atom is -0.458 e. The molecule has 14 rings (SSSR count). The SMILES string of the molecule is CC[C@@]1(O)C(=O)OCc2c1cc1n(c2=O)Cc2c-1nc1cc3c(cc1c2-c1cn(CCCCO[C@]2(CC)C(=O)OCc4c2cc2n(c4=O)Cc4c-2nc2cc5c(cc2c4CCN2CCSCC2)OCO5)nn1)OCO3. The van der Waals surface area contributed by atoms with E-state index in [1.54, 1.807) is 32.9 Å². The second-order valence-electron chi connectivity index (χ2n) is 20.0. The number of ether oxygens (including phenoxy) is 7. The van der Waals surface area contributed by atoms with Gasteiger partial charge in [0.05, 0.1) is 64.2 Å². The van der Waals surface area contributed by atoms with Gasteiger partial charge in [-0.3, -0.25) is 14.3 Å². The van der Waals surface area contributed by atoms with E-state index in [-0.39, 0.29) is 75.0 Å². The summed E-state index contributed by atoms with van der Waals surface area (Å²) in [6.07, 6.45) is 4.01. The van der Waals surface area contributed by atoms with Crippen molar-refractivity contribution in [2.45, 2.75) is 90.0 Å². The first-order valence-electron chi connectivity index (χ1n) is 25.5. The number of aryl methyl sites for hydroxylation is 1. The second-order valence-corrected chi connectivity index (χ2v) is 21.2. The number of unbranched alkanes of at least 4 members (excludes halogenated alkanes) is 1. The van der Waals surface area contributed by atoms with Crippen molar-refractivity contribution in [3.63, 3.8) is 0 Å². The van der Waals surface area contributed by atoms with Gasteiger partial charge in [0.2, 0.25) is 13.6 Å². The van der Waals surface area contributed by atoms with Crippen LogP contribution in [-0.2, 0) is 74.3 Å². The van der Waals surface area contributed by atoms with E-state index in [1.807, 2.05) is 49.1 Å². The third-order valence-electron chi connectivity index (χ3n) is 16.2. The fourth-order valence-electron chi connectivity index (χ4n) is 12.1. The number of thioether (sulfide) groups is 1. The molecule has 5 aromatic heterocycles. The largest absolute Gasteiger partial charge is 0.458 e. The van der Waals surface area contributed by atoms with Gasteiger partial charge in [0, 0.05) is 95.0 Å². The van der Waals surface area contributed by atoms with Crippen LogP contribution in [0, 0.1) is 0 Å². The molecular formula is C54H50N8O12S. The van der Waals surface area contributed by atoms with Crippen LogP contribution in [0.5, 0.6) is 23.0 Å². The number of carbonyl (C=O) groups is 2. The molecule has 2 atom stereocenters. The summed E-state index contributed by atoms with van der Waals surface area (Å²) in [5.74, 6) is 3.27. The summed E-state index contributed by atoms with van der Waals surface area (Å²) in [6.45, 7) is 7.42. The van der Waals surface area contributed by atoms with Crippen molar-refractivity contribution in [3.8, 4) is 57.0 Å². The fraction of sp³-hybridized carbons (Fsp3) is 0.407. The van der Waals surface area contributed by atoms with E-state index in [4.69, 9.17) is 43.1 Å². The average Bonchev–Trinajstić information content (AvgIpc) is 4.42. The Hall–Kier alpha value is -7.33. The van der Waals surface area contributed by atoms with Gasteiger partial charge in [-0.1, -0.05) is 19.1 Å². The average molecular weight is 1040 g/mol. The normalized spacial score (nSPS) is 20.7. The van der Waals surface area contributed by atoms with E-state index in [1.165, 1.54) is 0 Å². The predicted octanol–water partition coefficient (Wildman–Crippen LogP) is 5.28. The number of carbonyl (C=O) groups excluding carboxylic acids is 2. The van der Waals surface area contributed by atoms with Gasteiger partial charge in [-0.15, -0.1) is 5.10 Å². The molecule has 7 aliphatic heterocycles. The van der Waals surface area contributed by atoms with E-state index in [9.17, 15) is 24.3 Å². The molecule has 7 aromatic rings.